The van der Waals surface area contributed by atoms with Gasteiger partial charge in [-0.15, -0.1) is 0 Å². The first-order valence-electron chi connectivity index (χ1n) is 6.25. The molecule has 0 fully saturated rings. The van der Waals surface area contributed by atoms with Crippen LogP contribution in [0.3, 0.4) is 0 Å². The zero-order chi connectivity index (χ0) is 13.7. The van der Waals surface area contributed by atoms with E-state index in [-0.39, 0.29) is 6.04 Å². The van der Waals surface area contributed by atoms with Crippen LogP contribution >= 0.6 is 15.9 Å². The maximum absolute atomic E-state index is 5.93. The quantitative estimate of drug-likeness (QED) is 0.921. The summed E-state index contributed by atoms with van der Waals surface area (Å²) in [6, 6.07) is 12.6. The molecule has 2 N–H and O–H groups in total. The average molecular weight is 320 g/mol. The molecule has 2 aromatic rings. The molecule has 0 spiro atoms. The Hall–Kier alpha value is -1.23. The lowest BCUT2D eigenvalue weighted by Crippen LogP contribution is -2.30. The fraction of sp³-hybridized carbons (Fsp3) is 0.267. The molecule has 0 radical (unpaired) electrons. The second-order valence-corrected chi connectivity index (χ2v) is 5.49. The van der Waals surface area contributed by atoms with Gasteiger partial charge in [0.2, 0.25) is 0 Å². The molecular formula is C15H18BrN3. The first-order valence-corrected chi connectivity index (χ1v) is 7.04. The van der Waals surface area contributed by atoms with Crippen LogP contribution in [0.4, 0.5) is 0 Å². The van der Waals surface area contributed by atoms with E-state index >= 15 is 0 Å². The molecule has 0 aliphatic heterocycles. The highest BCUT2D eigenvalue weighted by atomic mass is 79.9. The molecule has 2 rings (SSSR count). The largest absolute Gasteiger partial charge is 0.329 e. The van der Waals surface area contributed by atoms with E-state index in [1.165, 1.54) is 11.1 Å². The molecule has 0 aliphatic carbocycles. The summed E-state index contributed by atoms with van der Waals surface area (Å²) in [6.45, 7) is 1.46. The minimum absolute atomic E-state index is 0.223. The molecule has 1 aromatic heterocycles. The normalized spacial score (nSPS) is 12.6. The minimum atomic E-state index is 0.223. The Balaban J connectivity index is 2.11. The molecular weight excluding hydrogens is 302 g/mol. The van der Waals surface area contributed by atoms with Crippen molar-refractivity contribution >= 4 is 15.9 Å². The Morgan fingerprint density at radius 1 is 1.16 bits per heavy atom. The van der Waals surface area contributed by atoms with Crippen molar-refractivity contribution in [3.63, 3.8) is 0 Å². The van der Waals surface area contributed by atoms with Gasteiger partial charge in [0.1, 0.15) is 0 Å². The maximum Gasteiger partial charge on any atom is 0.0470 e. The number of pyridine rings is 1. The first-order chi connectivity index (χ1) is 9.20. The highest BCUT2D eigenvalue weighted by Crippen LogP contribution is 2.22. The van der Waals surface area contributed by atoms with Crippen molar-refractivity contribution in [3.05, 3.63) is 64.4 Å². The van der Waals surface area contributed by atoms with Gasteiger partial charge < -0.3 is 5.73 Å². The van der Waals surface area contributed by atoms with E-state index in [1.807, 2.05) is 24.5 Å². The smallest absolute Gasteiger partial charge is 0.0470 e. The molecule has 100 valence electrons. The number of likely N-dealkylation sites (N-methyl/N-ethyl adjacent to an activating group) is 1. The van der Waals surface area contributed by atoms with E-state index in [2.05, 4.69) is 57.1 Å². The van der Waals surface area contributed by atoms with E-state index in [4.69, 9.17) is 5.73 Å². The summed E-state index contributed by atoms with van der Waals surface area (Å²) in [6.07, 6.45) is 3.64. The van der Waals surface area contributed by atoms with Gasteiger partial charge in [-0.2, -0.15) is 0 Å². The topological polar surface area (TPSA) is 42.2 Å². The number of hydrogen-bond acceptors (Lipinski definition) is 3. The van der Waals surface area contributed by atoms with E-state index < -0.39 is 0 Å². The van der Waals surface area contributed by atoms with Crippen LogP contribution < -0.4 is 5.73 Å². The van der Waals surface area contributed by atoms with Crippen molar-refractivity contribution in [1.82, 2.24) is 9.88 Å². The van der Waals surface area contributed by atoms with Gasteiger partial charge in [-0.3, -0.25) is 9.88 Å². The SMILES string of the molecule is CN(Cc1ccncc1)C(CN)c1ccc(Br)cc1. The Morgan fingerprint density at radius 2 is 1.79 bits per heavy atom. The van der Waals surface area contributed by atoms with Crippen LogP contribution in [0.1, 0.15) is 17.2 Å². The number of nitrogens with zero attached hydrogens (tertiary/aromatic N) is 2. The maximum atomic E-state index is 5.93. The van der Waals surface area contributed by atoms with Crippen LogP contribution in [-0.2, 0) is 6.54 Å². The summed E-state index contributed by atoms with van der Waals surface area (Å²) < 4.78 is 1.09. The van der Waals surface area contributed by atoms with Crippen LogP contribution in [0, 0.1) is 0 Å². The van der Waals surface area contributed by atoms with Crippen LogP contribution in [0.15, 0.2) is 53.3 Å². The van der Waals surface area contributed by atoms with Gasteiger partial charge in [-0.25, -0.2) is 0 Å². The van der Waals surface area contributed by atoms with Crippen LogP contribution in [0.5, 0.6) is 0 Å². The molecule has 4 heteroatoms. The monoisotopic (exact) mass is 319 g/mol. The van der Waals surface area contributed by atoms with E-state index in [1.54, 1.807) is 0 Å². The van der Waals surface area contributed by atoms with Gasteiger partial charge in [-0.05, 0) is 42.4 Å². The zero-order valence-electron chi connectivity index (χ0n) is 11.0. The minimum Gasteiger partial charge on any atom is -0.329 e. The Bertz CT molecular complexity index is 499. The third kappa shape index (κ3) is 3.86. The van der Waals surface area contributed by atoms with E-state index in [0.717, 1.165) is 11.0 Å². The fourth-order valence-corrected chi connectivity index (χ4v) is 2.41. The number of hydrogen-bond donors (Lipinski definition) is 1. The van der Waals surface area contributed by atoms with Crippen LogP contribution in [0.2, 0.25) is 0 Å². The van der Waals surface area contributed by atoms with Crippen LogP contribution in [-0.4, -0.2) is 23.5 Å². The molecule has 1 heterocycles. The molecule has 19 heavy (non-hydrogen) atoms. The number of benzene rings is 1. The summed E-state index contributed by atoms with van der Waals surface area (Å²) in [5, 5.41) is 0. The summed E-state index contributed by atoms with van der Waals surface area (Å²) in [5.74, 6) is 0. The molecule has 3 nitrogen and oxygen atoms in total. The summed E-state index contributed by atoms with van der Waals surface area (Å²) in [5.41, 5.74) is 8.41. The van der Waals surface area contributed by atoms with E-state index in [0.29, 0.717) is 6.54 Å². The molecule has 1 unspecified atom stereocenters. The summed E-state index contributed by atoms with van der Waals surface area (Å²) >= 11 is 3.46. The lowest BCUT2D eigenvalue weighted by molar-refractivity contribution is 0.241. The molecule has 0 amide bonds. The Kier molecular flexibility index (Phi) is 5.07. The Morgan fingerprint density at radius 3 is 2.37 bits per heavy atom. The lowest BCUT2D eigenvalue weighted by Gasteiger charge is -2.27. The van der Waals surface area contributed by atoms with Crippen molar-refractivity contribution in [2.24, 2.45) is 5.73 Å². The van der Waals surface area contributed by atoms with Crippen molar-refractivity contribution in [2.75, 3.05) is 13.6 Å². The second-order valence-electron chi connectivity index (χ2n) is 4.57. The highest BCUT2D eigenvalue weighted by Gasteiger charge is 2.15. The summed E-state index contributed by atoms with van der Waals surface area (Å²) in [7, 11) is 2.10. The number of aromatic nitrogens is 1. The predicted octanol–water partition coefficient (Wildman–Crippen LogP) is 2.98. The second kappa shape index (κ2) is 6.80. The van der Waals surface area contributed by atoms with Gasteiger partial charge in [-0.1, -0.05) is 28.1 Å². The Labute approximate surface area is 122 Å². The average Bonchev–Trinajstić information content (AvgIpc) is 2.43. The molecule has 0 saturated carbocycles. The highest BCUT2D eigenvalue weighted by molar-refractivity contribution is 9.10. The number of halogens is 1. The van der Waals surface area contributed by atoms with Gasteiger partial charge in [0.05, 0.1) is 0 Å². The van der Waals surface area contributed by atoms with Crippen LogP contribution in [0.25, 0.3) is 0 Å². The standard InChI is InChI=1S/C15H18BrN3/c1-19(11-12-6-8-18-9-7-12)15(10-17)13-2-4-14(16)5-3-13/h2-9,15H,10-11,17H2,1H3. The van der Waals surface area contributed by atoms with Gasteiger partial charge in [0.25, 0.3) is 0 Å². The zero-order valence-corrected chi connectivity index (χ0v) is 12.5. The van der Waals surface area contributed by atoms with Crippen molar-refractivity contribution in [2.45, 2.75) is 12.6 Å². The van der Waals surface area contributed by atoms with Gasteiger partial charge in [0, 0.05) is 36.0 Å². The fourth-order valence-electron chi connectivity index (χ4n) is 2.14. The van der Waals surface area contributed by atoms with Crippen molar-refractivity contribution in [1.29, 1.82) is 0 Å². The molecule has 0 saturated heterocycles. The van der Waals surface area contributed by atoms with Crippen molar-refractivity contribution < 1.29 is 0 Å². The number of nitrogens with two attached hydrogens (primary N) is 1. The van der Waals surface area contributed by atoms with Gasteiger partial charge >= 0.3 is 0 Å². The lowest BCUT2D eigenvalue weighted by atomic mass is 10.1. The predicted molar refractivity (Wildman–Crippen MR) is 81.6 cm³/mol. The molecule has 1 atom stereocenters. The van der Waals surface area contributed by atoms with Crippen molar-refractivity contribution in [3.8, 4) is 0 Å². The van der Waals surface area contributed by atoms with E-state index in [9.17, 15) is 0 Å². The molecule has 1 aromatic carbocycles. The first kappa shape index (κ1) is 14.2. The van der Waals surface area contributed by atoms with Gasteiger partial charge in [0.15, 0.2) is 0 Å². The summed E-state index contributed by atoms with van der Waals surface area (Å²) in [4.78, 5) is 6.30. The number of rotatable bonds is 5. The molecule has 0 aliphatic rings. The molecule has 0 bridgehead atoms. The third-order valence-corrected chi connectivity index (χ3v) is 3.72. The third-order valence-electron chi connectivity index (χ3n) is 3.19.